The van der Waals surface area contributed by atoms with E-state index in [2.05, 4.69) is 51.0 Å². The molecule has 0 spiro atoms. The third-order valence-corrected chi connectivity index (χ3v) is 12.7. The molecule has 0 radical (unpaired) electrons. The van der Waals surface area contributed by atoms with Gasteiger partial charge in [0.1, 0.15) is 8.24 Å². The van der Waals surface area contributed by atoms with Gasteiger partial charge in [-0.05, 0) is 23.5 Å². The van der Waals surface area contributed by atoms with Gasteiger partial charge in [0.15, 0.2) is 0 Å². The molecular formula is C18H38N2O2Si. The second-order valence-electron chi connectivity index (χ2n) is 7.74. The van der Waals surface area contributed by atoms with Gasteiger partial charge in [0, 0.05) is 32.7 Å². The summed E-state index contributed by atoms with van der Waals surface area (Å²) in [7, 11) is -1.50. The molecule has 23 heavy (non-hydrogen) atoms. The maximum atomic E-state index is 11.5. The van der Waals surface area contributed by atoms with E-state index in [1.807, 2.05) is 6.92 Å². The number of hydrogen-bond donors (Lipinski definition) is 0. The second-order valence-corrected chi connectivity index (χ2v) is 13.6. The van der Waals surface area contributed by atoms with E-state index in [-0.39, 0.29) is 5.97 Å². The molecule has 0 bridgehead atoms. The summed E-state index contributed by atoms with van der Waals surface area (Å²) in [5.41, 5.74) is 2.32. The smallest absolute Gasteiger partial charge is 0.307 e. The first-order chi connectivity index (χ1) is 10.8. The molecule has 1 saturated heterocycles. The van der Waals surface area contributed by atoms with E-state index in [0.29, 0.717) is 13.0 Å². The molecule has 1 aliphatic heterocycles. The van der Waals surface area contributed by atoms with E-state index >= 15 is 0 Å². The Labute approximate surface area is 144 Å². The first-order valence-corrected chi connectivity index (χ1v) is 11.6. The van der Waals surface area contributed by atoms with Crippen molar-refractivity contribution in [2.45, 2.75) is 71.5 Å². The standard InChI is InChI=1S/C18H38N2O2Si/c1-8-22-18(21)9-10-19-11-13-20(14-12-19)23(15(2)3,16(4)5)17(6)7/h15-17H,8-14H2,1-7H3. The summed E-state index contributed by atoms with van der Waals surface area (Å²) in [6.07, 6.45) is 0.523. The summed E-state index contributed by atoms with van der Waals surface area (Å²) in [6.45, 7) is 22.2. The highest BCUT2D eigenvalue weighted by Crippen LogP contribution is 2.44. The third kappa shape index (κ3) is 4.80. The number of rotatable bonds is 8. The van der Waals surface area contributed by atoms with Crippen molar-refractivity contribution in [1.82, 2.24) is 9.47 Å². The van der Waals surface area contributed by atoms with E-state index in [0.717, 1.165) is 49.3 Å². The van der Waals surface area contributed by atoms with Gasteiger partial charge >= 0.3 is 5.97 Å². The fourth-order valence-corrected chi connectivity index (χ4v) is 12.1. The lowest BCUT2D eigenvalue weighted by Crippen LogP contribution is -2.65. The normalized spacial score (nSPS) is 18.2. The van der Waals surface area contributed by atoms with E-state index < -0.39 is 8.24 Å². The van der Waals surface area contributed by atoms with Gasteiger partial charge in [-0.15, -0.1) is 0 Å². The van der Waals surface area contributed by atoms with Gasteiger partial charge in [-0.2, -0.15) is 0 Å². The minimum Gasteiger partial charge on any atom is -0.466 e. The Morgan fingerprint density at radius 3 is 1.83 bits per heavy atom. The molecule has 0 atom stereocenters. The Morgan fingerprint density at radius 2 is 1.43 bits per heavy atom. The van der Waals surface area contributed by atoms with Crippen molar-refractivity contribution in [3.05, 3.63) is 0 Å². The zero-order valence-electron chi connectivity index (χ0n) is 16.4. The van der Waals surface area contributed by atoms with Crippen molar-refractivity contribution in [3.63, 3.8) is 0 Å². The third-order valence-electron chi connectivity index (χ3n) is 5.63. The average Bonchev–Trinajstić information content (AvgIpc) is 2.46. The van der Waals surface area contributed by atoms with Crippen LogP contribution in [0.5, 0.6) is 0 Å². The number of esters is 1. The van der Waals surface area contributed by atoms with Crippen molar-refractivity contribution in [2.75, 3.05) is 39.3 Å². The van der Waals surface area contributed by atoms with Crippen molar-refractivity contribution in [3.8, 4) is 0 Å². The van der Waals surface area contributed by atoms with E-state index in [1.165, 1.54) is 0 Å². The lowest BCUT2D eigenvalue weighted by Gasteiger charge is -2.53. The predicted octanol–water partition coefficient (Wildman–Crippen LogP) is 3.73. The fraction of sp³-hybridized carbons (Fsp3) is 0.944. The van der Waals surface area contributed by atoms with Gasteiger partial charge in [-0.25, -0.2) is 0 Å². The first-order valence-electron chi connectivity index (χ1n) is 9.39. The number of nitrogens with zero attached hydrogens (tertiary/aromatic N) is 2. The molecular weight excluding hydrogens is 304 g/mol. The zero-order valence-corrected chi connectivity index (χ0v) is 17.4. The quantitative estimate of drug-likeness (QED) is 0.497. The summed E-state index contributed by atoms with van der Waals surface area (Å²) in [5.74, 6) is -0.0646. The minimum atomic E-state index is -1.50. The minimum absolute atomic E-state index is 0.0646. The summed E-state index contributed by atoms with van der Waals surface area (Å²) >= 11 is 0. The number of carbonyl (C=O) groups excluding carboxylic acids is 1. The molecule has 0 N–H and O–H groups in total. The summed E-state index contributed by atoms with van der Waals surface area (Å²) < 4.78 is 7.89. The van der Waals surface area contributed by atoms with Crippen molar-refractivity contribution >= 4 is 14.2 Å². The molecule has 1 aliphatic rings. The number of ether oxygens (including phenoxy) is 1. The van der Waals surface area contributed by atoms with Crippen molar-refractivity contribution in [2.24, 2.45) is 0 Å². The molecule has 136 valence electrons. The molecule has 0 aromatic heterocycles. The van der Waals surface area contributed by atoms with Crippen LogP contribution in [0.4, 0.5) is 0 Å². The maximum absolute atomic E-state index is 11.5. The van der Waals surface area contributed by atoms with Crippen LogP contribution in [0.1, 0.15) is 54.9 Å². The number of carbonyl (C=O) groups is 1. The lowest BCUT2D eigenvalue weighted by molar-refractivity contribution is -0.143. The molecule has 5 heteroatoms. The van der Waals surface area contributed by atoms with Crippen LogP contribution in [0.2, 0.25) is 16.6 Å². The topological polar surface area (TPSA) is 32.8 Å². The van der Waals surface area contributed by atoms with E-state index in [4.69, 9.17) is 4.74 Å². The molecule has 1 rings (SSSR count). The van der Waals surface area contributed by atoms with Gasteiger partial charge in [0.05, 0.1) is 13.0 Å². The summed E-state index contributed by atoms with van der Waals surface area (Å²) in [4.78, 5) is 13.9. The van der Waals surface area contributed by atoms with Gasteiger partial charge in [0.2, 0.25) is 0 Å². The Bertz CT molecular complexity index is 342. The van der Waals surface area contributed by atoms with Gasteiger partial charge < -0.3 is 14.2 Å². The van der Waals surface area contributed by atoms with Crippen LogP contribution in [0.3, 0.4) is 0 Å². The van der Waals surface area contributed by atoms with Gasteiger partial charge in [-0.3, -0.25) is 4.79 Å². The average molecular weight is 343 g/mol. The number of hydrogen-bond acceptors (Lipinski definition) is 4. The Morgan fingerprint density at radius 1 is 0.957 bits per heavy atom. The Balaban J connectivity index is 2.64. The highest BCUT2D eigenvalue weighted by Gasteiger charge is 2.48. The predicted molar refractivity (Wildman–Crippen MR) is 100 cm³/mol. The van der Waals surface area contributed by atoms with Crippen LogP contribution >= 0.6 is 0 Å². The monoisotopic (exact) mass is 342 g/mol. The van der Waals surface area contributed by atoms with Crippen molar-refractivity contribution < 1.29 is 9.53 Å². The largest absolute Gasteiger partial charge is 0.466 e. The summed E-state index contributed by atoms with van der Waals surface area (Å²) in [5, 5.41) is 0. The van der Waals surface area contributed by atoms with Crippen LogP contribution in [-0.4, -0.2) is 63.0 Å². The van der Waals surface area contributed by atoms with Crippen LogP contribution in [0.25, 0.3) is 0 Å². The van der Waals surface area contributed by atoms with Crippen molar-refractivity contribution in [1.29, 1.82) is 0 Å². The Kier molecular flexibility index (Phi) is 8.25. The molecule has 0 saturated carbocycles. The molecule has 0 aliphatic carbocycles. The second kappa shape index (κ2) is 9.18. The van der Waals surface area contributed by atoms with Crippen LogP contribution < -0.4 is 0 Å². The van der Waals surface area contributed by atoms with Crippen LogP contribution in [0, 0.1) is 0 Å². The molecule has 0 aromatic carbocycles. The molecule has 0 amide bonds. The van der Waals surface area contributed by atoms with E-state index in [1.54, 1.807) is 0 Å². The first kappa shape index (κ1) is 20.7. The fourth-order valence-electron chi connectivity index (χ4n) is 4.94. The Hall–Kier alpha value is -0.393. The van der Waals surface area contributed by atoms with Gasteiger partial charge in [-0.1, -0.05) is 41.5 Å². The SMILES string of the molecule is CCOC(=O)CCN1CCN([Si](C(C)C)(C(C)C)C(C)C)CC1. The maximum Gasteiger partial charge on any atom is 0.307 e. The molecule has 0 aromatic rings. The highest BCUT2D eigenvalue weighted by atomic mass is 28.3. The molecule has 4 nitrogen and oxygen atoms in total. The molecule has 1 fully saturated rings. The zero-order chi connectivity index (χ0) is 17.6. The van der Waals surface area contributed by atoms with Crippen LogP contribution in [0.15, 0.2) is 0 Å². The van der Waals surface area contributed by atoms with E-state index in [9.17, 15) is 4.79 Å². The summed E-state index contributed by atoms with van der Waals surface area (Å²) in [6, 6.07) is 0. The van der Waals surface area contributed by atoms with Crippen LogP contribution in [-0.2, 0) is 9.53 Å². The highest BCUT2D eigenvalue weighted by molar-refractivity contribution is 6.81. The molecule has 0 unspecified atom stereocenters. The lowest BCUT2D eigenvalue weighted by atomic mass is 10.3. The number of piperazine rings is 1. The van der Waals surface area contributed by atoms with Gasteiger partial charge in [0.25, 0.3) is 0 Å². The molecule has 1 heterocycles.